The van der Waals surface area contributed by atoms with Crippen molar-refractivity contribution in [2.24, 2.45) is 28.6 Å². The van der Waals surface area contributed by atoms with Gasteiger partial charge in [-0.25, -0.2) is 0 Å². The van der Waals surface area contributed by atoms with Crippen LogP contribution in [0.25, 0.3) is 0 Å². The summed E-state index contributed by atoms with van der Waals surface area (Å²) in [5.74, 6) is 2.14. The Morgan fingerprint density at radius 2 is 1.24 bits per heavy atom. The van der Waals surface area contributed by atoms with Crippen LogP contribution in [-0.4, -0.2) is 6.10 Å². The highest BCUT2D eigenvalue weighted by Crippen LogP contribution is 2.49. The van der Waals surface area contributed by atoms with E-state index >= 15 is 0 Å². The van der Waals surface area contributed by atoms with Crippen LogP contribution in [-0.2, 0) is 4.52 Å². The highest BCUT2D eigenvalue weighted by atomic mass is 31.0. The molecule has 1 fully saturated rings. The maximum Gasteiger partial charge on any atom is 0.0677 e. The summed E-state index contributed by atoms with van der Waals surface area (Å²) in [5.41, 5.74) is 0.666. The predicted octanol–water partition coefficient (Wildman–Crippen LogP) is 4.92. The third-order valence-corrected chi connectivity index (χ3v) is 4.80. The third kappa shape index (κ3) is 3.67. The molecule has 17 heavy (non-hydrogen) atoms. The van der Waals surface area contributed by atoms with Gasteiger partial charge >= 0.3 is 0 Å². The molecule has 1 aliphatic rings. The van der Waals surface area contributed by atoms with Crippen molar-refractivity contribution < 1.29 is 4.52 Å². The fourth-order valence-electron chi connectivity index (χ4n) is 3.39. The van der Waals surface area contributed by atoms with Crippen molar-refractivity contribution in [3.05, 3.63) is 0 Å². The Bertz CT molecular complexity index is 225. The topological polar surface area (TPSA) is 9.23 Å². The molecule has 3 unspecified atom stereocenters. The van der Waals surface area contributed by atoms with Crippen molar-refractivity contribution in [3.8, 4) is 0 Å². The van der Waals surface area contributed by atoms with E-state index in [1.807, 2.05) is 0 Å². The molecule has 1 nitrogen and oxygen atoms in total. The molecule has 0 aromatic carbocycles. The summed E-state index contributed by atoms with van der Waals surface area (Å²) < 4.78 is 5.83. The quantitative estimate of drug-likeness (QED) is 0.607. The Hall–Kier alpha value is 0.390. The highest BCUT2D eigenvalue weighted by Gasteiger charge is 2.45. The van der Waals surface area contributed by atoms with E-state index in [-0.39, 0.29) is 0 Å². The maximum absolute atomic E-state index is 5.83. The van der Waals surface area contributed by atoms with Gasteiger partial charge in [-0.2, -0.15) is 0 Å². The van der Waals surface area contributed by atoms with Crippen molar-refractivity contribution in [1.29, 1.82) is 0 Å². The van der Waals surface area contributed by atoms with E-state index in [0.29, 0.717) is 28.8 Å². The molecule has 0 spiro atoms. The molecule has 0 aliphatic heterocycles. The molecule has 0 aromatic heterocycles. The van der Waals surface area contributed by atoms with E-state index in [1.54, 1.807) is 0 Å². The van der Waals surface area contributed by atoms with Gasteiger partial charge in [-0.05, 0) is 41.4 Å². The summed E-state index contributed by atoms with van der Waals surface area (Å²) in [4.78, 5) is 0. The largest absolute Gasteiger partial charge is 0.362 e. The number of rotatable bonds is 1. The van der Waals surface area contributed by atoms with Crippen molar-refractivity contribution in [3.63, 3.8) is 0 Å². The van der Waals surface area contributed by atoms with E-state index in [9.17, 15) is 0 Å². The van der Waals surface area contributed by atoms with Crippen LogP contribution >= 0.6 is 9.47 Å². The van der Waals surface area contributed by atoms with Gasteiger partial charge in [-0.15, -0.1) is 0 Å². The van der Waals surface area contributed by atoms with Gasteiger partial charge in [0.15, 0.2) is 0 Å². The highest BCUT2D eigenvalue weighted by molar-refractivity contribution is 7.09. The van der Waals surface area contributed by atoms with E-state index in [4.69, 9.17) is 4.52 Å². The molecule has 0 radical (unpaired) electrons. The normalized spacial score (nSPS) is 36.0. The van der Waals surface area contributed by atoms with Gasteiger partial charge in [-0.3, -0.25) is 0 Å². The zero-order chi connectivity index (χ0) is 13.4. The van der Waals surface area contributed by atoms with Crippen LogP contribution in [0.2, 0.25) is 0 Å². The summed E-state index contributed by atoms with van der Waals surface area (Å²) in [5, 5.41) is 0. The van der Waals surface area contributed by atoms with E-state index in [0.717, 1.165) is 5.92 Å². The average Bonchev–Trinajstić information content (AvgIpc) is 2.13. The first-order chi connectivity index (χ1) is 7.57. The fourth-order valence-corrected chi connectivity index (χ4v) is 3.77. The van der Waals surface area contributed by atoms with Crippen LogP contribution in [0.5, 0.6) is 0 Å². The van der Waals surface area contributed by atoms with Crippen molar-refractivity contribution in [2.45, 2.75) is 67.4 Å². The first kappa shape index (κ1) is 15.4. The van der Waals surface area contributed by atoms with Crippen LogP contribution in [0.3, 0.4) is 0 Å². The van der Waals surface area contributed by atoms with Gasteiger partial charge < -0.3 is 4.52 Å². The molecular formula is C15H31OP. The molecule has 0 heterocycles. The molecule has 0 saturated heterocycles. The molecule has 102 valence electrons. The Balaban J connectivity index is 3.00. The lowest BCUT2D eigenvalue weighted by molar-refractivity contribution is -0.0582. The summed E-state index contributed by atoms with van der Waals surface area (Å²) >= 11 is 0. The zero-order valence-electron chi connectivity index (χ0n) is 12.7. The molecule has 2 heteroatoms. The maximum atomic E-state index is 5.83. The molecular weight excluding hydrogens is 227 g/mol. The molecule has 0 amide bonds. The molecule has 0 N–H and O–H groups in total. The van der Waals surface area contributed by atoms with Gasteiger partial charge in [0, 0.05) is 9.47 Å². The molecule has 0 aromatic rings. The standard InChI is InChI=1S/C15H31OP/c1-10-8-11(14(2,3)4)13(16-17)12(9-10)15(5,6)7/h10-13H,8-9,17H2,1-7H3. The molecule has 1 aliphatic carbocycles. The number of hydrogen-bond acceptors (Lipinski definition) is 1. The second-order valence-corrected chi connectivity index (χ2v) is 8.39. The van der Waals surface area contributed by atoms with E-state index in [1.165, 1.54) is 12.8 Å². The number of hydrogen-bond donors (Lipinski definition) is 0. The van der Waals surface area contributed by atoms with Gasteiger partial charge in [0.1, 0.15) is 0 Å². The summed E-state index contributed by atoms with van der Waals surface area (Å²) in [7, 11) is 2.52. The van der Waals surface area contributed by atoms with Crippen LogP contribution in [0.1, 0.15) is 61.3 Å². The minimum Gasteiger partial charge on any atom is -0.362 e. The monoisotopic (exact) mass is 258 g/mol. The van der Waals surface area contributed by atoms with Gasteiger partial charge in [-0.1, -0.05) is 48.5 Å². The van der Waals surface area contributed by atoms with E-state index in [2.05, 4.69) is 57.9 Å². The summed E-state index contributed by atoms with van der Waals surface area (Å²) in [6.45, 7) is 16.5. The first-order valence-corrected chi connectivity index (χ1v) is 7.40. The fraction of sp³-hybridized carbons (Fsp3) is 1.00. The van der Waals surface area contributed by atoms with Crippen LogP contribution in [0.4, 0.5) is 0 Å². The summed E-state index contributed by atoms with van der Waals surface area (Å²) in [6.07, 6.45) is 2.99. The van der Waals surface area contributed by atoms with Gasteiger partial charge in [0.25, 0.3) is 0 Å². The Labute approximate surface area is 110 Å². The lowest BCUT2D eigenvalue weighted by Gasteiger charge is -2.50. The minimum absolute atomic E-state index is 0.333. The first-order valence-electron chi connectivity index (χ1n) is 6.93. The Morgan fingerprint density at radius 1 is 0.882 bits per heavy atom. The lowest BCUT2D eigenvalue weighted by atomic mass is 9.59. The molecule has 3 atom stereocenters. The molecule has 1 rings (SSSR count). The average molecular weight is 258 g/mol. The molecule has 1 saturated carbocycles. The van der Waals surface area contributed by atoms with Gasteiger partial charge in [0.2, 0.25) is 0 Å². The SMILES string of the molecule is CC1CC(C(C)(C)C)C(OP)C(C(C)(C)C)C1. The second-order valence-electron chi connectivity index (χ2n) is 8.12. The molecule has 0 bridgehead atoms. The van der Waals surface area contributed by atoms with Crippen molar-refractivity contribution in [2.75, 3.05) is 0 Å². The predicted molar refractivity (Wildman–Crippen MR) is 78.9 cm³/mol. The minimum atomic E-state index is 0.333. The lowest BCUT2D eigenvalue weighted by Crippen LogP contribution is -2.47. The van der Waals surface area contributed by atoms with Crippen molar-refractivity contribution in [1.82, 2.24) is 0 Å². The Kier molecular flexibility index (Phi) is 4.70. The zero-order valence-corrected chi connectivity index (χ0v) is 13.9. The second kappa shape index (κ2) is 5.17. The van der Waals surface area contributed by atoms with Crippen LogP contribution < -0.4 is 0 Å². The van der Waals surface area contributed by atoms with Crippen molar-refractivity contribution >= 4 is 9.47 Å². The Morgan fingerprint density at radius 3 is 1.47 bits per heavy atom. The van der Waals surface area contributed by atoms with Crippen LogP contribution in [0, 0.1) is 28.6 Å². The smallest absolute Gasteiger partial charge is 0.0677 e. The van der Waals surface area contributed by atoms with Crippen LogP contribution in [0.15, 0.2) is 0 Å². The van der Waals surface area contributed by atoms with E-state index < -0.39 is 0 Å². The third-order valence-electron chi connectivity index (χ3n) is 4.49. The summed E-state index contributed by atoms with van der Waals surface area (Å²) in [6, 6.07) is 0. The van der Waals surface area contributed by atoms with Gasteiger partial charge in [0.05, 0.1) is 6.10 Å².